The molecule has 0 atom stereocenters. The number of hydrogen-bond donors (Lipinski definition) is 0. The molecule has 0 amide bonds. The Hall–Kier alpha value is -2.97. The minimum Gasteiger partial charge on any atom is -0.369 e. The zero-order valence-corrected chi connectivity index (χ0v) is 12.9. The van der Waals surface area contributed by atoms with E-state index < -0.39 is 11.7 Å². The van der Waals surface area contributed by atoms with Gasteiger partial charge < -0.3 is 4.90 Å². The molecule has 0 saturated carbocycles. The highest BCUT2D eigenvalue weighted by Gasteiger charge is 2.30. The molecular formula is C15H13F3N6. The number of halogens is 3. The summed E-state index contributed by atoms with van der Waals surface area (Å²) in [6.07, 6.45) is -1.42. The van der Waals surface area contributed by atoms with Gasteiger partial charge in [0.25, 0.3) is 5.95 Å². The van der Waals surface area contributed by atoms with E-state index in [0.29, 0.717) is 11.2 Å². The minimum atomic E-state index is -4.42. The highest BCUT2D eigenvalue weighted by atomic mass is 19.4. The lowest BCUT2D eigenvalue weighted by Gasteiger charge is -2.08. The Morgan fingerprint density at radius 3 is 2.71 bits per heavy atom. The Morgan fingerprint density at radius 1 is 1.21 bits per heavy atom. The Kier molecular flexibility index (Phi) is 3.92. The molecule has 2 aromatic heterocycles. The zero-order valence-electron chi connectivity index (χ0n) is 12.9. The highest BCUT2D eigenvalue weighted by Crippen LogP contribution is 2.31. The van der Waals surface area contributed by atoms with Crippen molar-refractivity contribution in [2.24, 2.45) is 4.99 Å². The summed E-state index contributed by atoms with van der Waals surface area (Å²) in [7, 11) is 3.60. The fourth-order valence-electron chi connectivity index (χ4n) is 2.06. The molecule has 3 rings (SSSR count). The van der Waals surface area contributed by atoms with Crippen LogP contribution in [0.5, 0.6) is 0 Å². The Balaban J connectivity index is 2.10. The van der Waals surface area contributed by atoms with Crippen LogP contribution in [0.25, 0.3) is 17.0 Å². The maximum absolute atomic E-state index is 12.9. The van der Waals surface area contributed by atoms with Gasteiger partial charge in [-0.25, -0.2) is 9.98 Å². The van der Waals surface area contributed by atoms with Crippen molar-refractivity contribution in [2.45, 2.75) is 6.18 Å². The lowest BCUT2D eigenvalue weighted by Crippen LogP contribution is -2.07. The fourth-order valence-corrected chi connectivity index (χ4v) is 2.06. The number of alkyl halides is 3. The topological polar surface area (TPSA) is 58.7 Å². The van der Waals surface area contributed by atoms with Crippen molar-refractivity contribution in [1.82, 2.24) is 24.5 Å². The van der Waals surface area contributed by atoms with Crippen LogP contribution >= 0.6 is 0 Å². The first-order chi connectivity index (χ1) is 11.3. The van der Waals surface area contributed by atoms with Crippen LogP contribution < -0.4 is 0 Å². The van der Waals surface area contributed by atoms with Crippen LogP contribution in [0.15, 0.2) is 41.5 Å². The van der Waals surface area contributed by atoms with E-state index in [1.165, 1.54) is 23.1 Å². The van der Waals surface area contributed by atoms with Gasteiger partial charge in [-0.2, -0.15) is 22.7 Å². The molecule has 6 nitrogen and oxygen atoms in total. The summed E-state index contributed by atoms with van der Waals surface area (Å²) >= 11 is 0. The van der Waals surface area contributed by atoms with Gasteiger partial charge in [-0.15, -0.1) is 5.10 Å². The lowest BCUT2D eigenvalue weighted by atomic mass is 10.1. The van der Waals surface area contributed by atoms with Gasteiger partial charge in [-0.1, -0.05) is 12.1 Å². The van der Waals surface area contributed by atoms with Crippen molar-refractivity contribution in [3.8, 4) is 11.4 Å². The number of benzene rings is 1. The van der Waals surface area contributed by atoms with Crippen molar-refractivity contribution in [3.63, 3.8) is 0 Å². The Labute approximate surface area is 135 Å². The van der Waals surface area contributed by atoms with Gasteiger partial charge in [0.05, 0.1) is 11.9 Å². The number of rotatable bonds is 3. The molecule has 24 heavy (non-hydrogen) atoms. The maximum Gasteiger partial charge on any atom is 0.416 e. The van der Waals surface area contributed by atoms with E-state index in [4.69, 9.17) is 0 Å². The van der Waals surface area contributed by atoms with Crippen LogP contribution in [0.1, 0.15) is 5.56 Å². The number of nitrogens with zero attached hydrogens (tertiary/aromatic N) is 6. The first-order valence-corrected chi connectivity index (χ1v) is 6.94. The molecular weight excluding hydrogens is 321 g/mol. The van der Waals surface area contributed by atoms with Crippen LogP contribution in [-0.4, -0.2) is 44.9 Å². The summed E-state index contributed by atoms with van der Waals surface area (Å²) in [5.74, 6) is 0.460. The normalized spacial score (nSPS) is 12.2. The average molecular weight is 334 g/mol. The second-order valence-corrected chi connectivity index (χ2v) is 5.24. The third-order valence-electron chi connectivity index (χ3n) is 3.09. The molecule has 3 aromatic rings. The predicted octanol–water partition coefficient (Wildman–Crippen LogP) is 3.03. The van der Waals surface area contributed by atoms with Crippen molar-refractivity contribution in [3.05, 3.63) is 42.1 Å². The minimum absolute atomic E-state index is 0.199. The monoisotopic (exact) mass is 334 g/mol. The lowest BCUT2D eigenvalue weighted by molar-refractivity contribution is -0.137. The van der Waals surface area contributed by atoms with E-state index >= 15 is 0 Å². The van der Waals surface area contributed by atoms with E-state index in [9.17, 15) is 13.2 Å². The van der Waals surface area contributed by atoms with E-state index in [-0.39, 0.29) is 11.8 Å². The summed E-state index contributed by atoms with van der Waals surface area (Å²) in [5, 5.41) is 4.19. The summed E-state index contributed by atoms with van der Waals surface area (Å²) in [6.45, 7) is 0. The van der Waals surface area contributed by atoms with Crippen molar-refractivity contribution >= 4 is 17.9 Å². The summed E-state index contributed by atoms with van der Waals surface area (Å²) in [5.41, 5.74) is -0.00319. The second kappa shape index (κ2) is 5.91. The summed E-state index contributed by atoms with van der Waals surface area (Å²) in [6, 6.07) is 6.53. The van der Waals surface area contributed by atoms with Crippen LogP contribution in [-0.2, 0) is 6.18 Å². The third-order valence-corrected chi connectivity index (χ3v) is 3.09. The molecule has 2 heterocycles. The molecule has 0 aliphatic heterocycles. The molecule has 124 valence electrons. The van der Waals surface area contributed by atoms with Gasteiger partial charge in [-0.05, 0) is 12.1 Å². The first-order valence-electron chi connectivity index (χ1n) is 6.94. The SMILES string of the molecule is CN(C)/C=N/c1nc2ccnc(-c3cccc(C(F)(F)F)c3)n2n1. The zero-order chi connectivity index (χ0) is 17.3. The second-order valence-electron chi connectivity index (χ2n) is 5.24. The van der Waals surface area contributed by atoms with Gasteiger partial charge in [-0.3, -0.25) is 0 Å². The molecule has 0 bridgehead atoms. The molecule has 9 heteroatoms. The van der Waals surface area contributed by atoms with Gasteiger partial charge in [0.1, 0.15) is 0 Å². The van der Waals surface area contributed by atoms with Gasteiger partial charge in [0.15, 0.2) is 11.5 Å². The summed E-state index contributed by atoms with van der Waals surface area (Å²) < 4.78 is 40.1. The standard InChI is InChI=1S/C15H13F3N6/c1-23(2)9-20-14-21-12-6-7-19-13(24(12)22-14)10-4-3-5-11(8-10)15(16,17)18/h3-9H,1-2H3/b20-9+. The van der Waals surface area contributed by atoms with Gasteiger partial charge in [0.2, 0.25) is 0 Å². The maximum atomic E-state index is 12.9. The molecule has 0 saturated heterocycles. The fraction of sp³-hybridized carbons (Fsp3) is 0.200. The first kappa shape index (κ1) is 15.9. The molecule has 0 spiro atoms. The van der Waals surface area contributed by atoms with E-state index in [1.807, 2.05) is 0 Å². The Bertz CT molecular complexity index is 898. The largest absolute Gasteiger partial charge is 0.416 e. The molecule has 0 aliphatic carbocycles. The predicted molar refractivity (Wildman–Crippen MR) is 83.1 cm³/mol. The molecule has 1 aromatic carbocycles. The molecule has 0 N–H and O–H groups in total. The van der Waals surface area contributed by atoms with Crippen molar-refractivity contribution < 1.29 is 13.2 Å². The summed E-state index contributed by atoms with van der Waals surface area (Å²) in [4.78, 5) is 14.2. The van der Waals surface area contributed by atoms with E-state index in [0.717, 1.165) is 12.1 Å². The van der Waals surface area contributed by atoms with Crippen LogP contribution in [0, 0.1) is 0 Å². The number of aliphatic imine (C=N–C) groups is 1. The van der Waals surface area contributed by atoms with E-state index in [1.54, 1.807) is 31.1 Å². The van der Waals surface area contributed by atoms with Crippen molar-refractivity contribution in [2.75, 3.05) is 14.1 Å². The number of hydrogen-bond acceptors (Lipinski definition) is 4. The van der Waals surface area contributed by atoms with Crippen LogP contribution in [0.2, 0.25) is 0 Å². The molecule has 0 aliphatic rings. The van der Waals surface area contributed by atoms with E-state index in [2.05, 4.69) is 20.1 Å². The van der Waals surface area contributed by atoms with Crippen LogP contribution in [0.3, 0.4) is 0 Å². The number of fused-ring (bicyclic) bond motifs is 1. The number of aromatic nitrogens is 4. The van der Waals surface area contributed by atoms with Crippen molar-refractivity contribution in [1.29, 1.82) is 0 Å². The molecule has 0 fully saturated rings. The highest BCUT2D eigenvalue weighted by molar-refractivity contribution is 5.62. The molecule has 0 unspecified atom stereocenters. The smallest absolute Gasteiger partial charge is 0.369 e. The third kappa shape index (κ3) is 3.19. The average Bonchev–Trinajstić information content (AvgIpc) is 2.95. The van der Waals surface area contributed by atoms with Crippen LogP contribution in [0.4, 0.5) is 19.1 Å². The quantitative estimate of drug-likeness (QED) is 0.546. The van der Waals surface area contributed by atoms with Gasteiger partial charge >= 0.3 is 6.18 Å². The van der Waals surface area contributed by atoms with Gasteiger partial charge in [0, 0.05) is 31.9 Å². The Morgan fingerprint density at radius 2 is 2.00 bits per heavy atom. The molecule has 0 radical (unpaired) electrons.